The van der Waals surface area contributed by atoms with Crippen LogP contribution in [0.25, 0.3) is 5.69 Å². The van der Waals surface area contributed by atoms with Gasteiger partial charge in [-0.3, -0.25) is 0 Å². The lowest BCUT2D eigenvalue weighted by atomic mass is 10.1. The Balaban J connectivity index is 2.51. The number of nitrogens with two attached hydrogens (primary N) is 1. The first-order valence-electron chi connectivity index (χ1n) is 5.97. The molecule has 0 spiro atoms. The van der Waals surface area contributed by atoms with Crippen LogP contribution in [0.1, 0.15) is 36.6 Å². The summed E-state index contributed by atoms with van der Waals surface area (Å²) in [6.45, 7) is 6.96. The van der Waals surface area contributed by atoms with Crippen LogP contribution < -0.4 is 5.73 Å². The first-order chi connectivity index (χ1) is 8.13. The number of hydrogen-bond acceptors (Lipinski definition) is 2. The molecule has 0 radical (unpaired) electrons. The largest absolute Gasteiger partial charge is 0.326 e. The number of hydrogen-bond donors (Lipinski definition) is 1. The lowest BCUT2D eigenvalue weighted by Gasteiger charge is -2.12. The molecular weight excluding hydrogens is 210 g/mol. The van der Waals surface area contributed by atoms with Crippen molar-refractivity contribution >= 4 is 0 Å². The van der Waals surface area contributed by atoms with Crippen LogP contribution in [0.3, 0.4) is 0 Å². The fraction of sp³-hybridized carbons (Fsp3) is 0.357. The third kappa shape index (κ3) is 2.24. The minimum Gasteiger partial charge on any atom is -0.326 e. The van der Waals surface area contributed by atoms with E-state index in [2.05, 4.69) is 50.1 Å². The van der Waals surface area contributed by atoms with Crippen LogP contribution in [0.5, 0.6) is 0 Å². The molecule has 0 saturated heterocycles. The lowest BCUT2D eigenvalue weighted by Crippen LogP contribution is -2.07. The Morgan fingerprint density at radius 2 is 1.88 bits per heavy atom. The van der Waals surface area contributed by atoms with Crippen LogP contribution in [0.4, 0.5) is 0 Å². The summed E-state index contributed by atoms with van der Waals surface area (Å²) in [5, 5.41) is 4.44. The van der Waals surface area contributed by atoms with Gasteiger partial charge >= 0.3 is 0 Å². The normalized spacial score (nSPS) is 11.1. The first kappa shape index (κ1) is 11.9. The van der Waals surface area contributed by atoms with E-state index in [0.29, 0.717) is 12.5 Å². The van der Waals surface area contributed by atoms with Crippen molar-refractivity contribution in [3.63, 3.8) is 0 Å². The zero-order chi connectivity index (χ0) is 12.4. The average Bonchev–Trinajstić information content (AvgIpc) is 2.73. The molecule has 0 aliphatic carbocycles. The Labute approximate surface area is 102 Å². The second-order valence-electron chi connectivity index (χ2n) is 4.66. The van der Waals surface area contributed by atoms with Crippen LogP contribution in [0.15, 0.2) is 30.5 Å². The van der Waals surface area contributed by atoms with E-state index in [0.717, 1.165) is 11.3 Å². The van der Waals surface area contributed by atoms with Crippen LogP contribution in [0.2, 0.25) is 0 Å². The molecule has 2 rings (SSSR count). The zero-order valence-electron chi connectivity index (χ0n) is 10.6. The fourth-order valence-electron chi connectivity index (χ4n) is 2.06. The van der Waals surface area contributed by atoms with Crippen LogP contribution in [-0.2, 0) is 6.54 Å². The fourth-order valence-corrected chi connectivity index (χ4v) is 2.06. The zero-order valence-corrected chi connectivity index (χ0v) is 10.6. The maximum Gasteiger partial charge on any atom is 0.0649 e. The highest BCUT2D eigenvalue weighted by Crippen LogP contribution is 2.22. The lowest BCUT2D eigenvalue weighted by molar-refractivity contribution is 0.725. The van der Waals surface area contributed by atoms with Crippen molar-refractivity contribution in [2.45, 2.75) is 33.2 Å². The number of nitrogens with zero attached hydrogens (tertiary/aromatic N) is 2. The molecule has 0 amide bonds. The number of benzene rings is 1. The maximum absolute atomic E-state index is 5.75. The van der Waals surface area contributed by atoms with E-state index in [1.54, 1.807) is 0 Å². The number of rotatable bonds is 3. The predicted molar refractivity (Wildman–Crippen MR) is 70.3 cm³/mol. The molecule has 0 unspecified atom stereocenters. The van der Waals surface area contributed by atoms with E-state index in [1.165, 1.54) is 11.3 Å². The summed E-state index contributed by atoms with van der Waals surface area (Å²) in [6, 6.07) is 8.38. The van der Waals surface area contributed by atoms with Gasteiger partial charge < -0.3 is 5.73 Å². The van der Waals surface area contributed by atoms with Crippen LogP contribution >= 0.6 is 0 Å². The van der Waals surface area contributed by atoms with Gasteiger partial charge in [-0.05, 0) is 25.0 Å². The van der Waals surface area contributed by atoms with Crippen LogP contribution in [0, 0.1) is 6.92 Å². The van der Waals surface area contributed by atoms with Crippen molar-refractivity contribution < 1.29 is 0 Å². The van der Waals surface area contributed by atoms with E-state index < -0.39 is 0 Å². The average molecular weight is 229 g/mol. The molecule has 1 aromatic heterocycles. The molecule has 17 heavy (non-hydrogen) atoms. The monoisotopic (exact) mass is 229 g/mol. The van der Waals surface area contributed by atoms with Gasteiger partial charge in [-0.25, -0.2) is 4.68 Å². The van der Waals surface area contributed by atoms with Crippen molar-refractivity contribution in [3.8, 4) is 5.69 Å². The first-order valence-corrected chi connectivity index (χ1v) is 5.97. The number of aryl methyl sites for hydroxylation is 1. The Hall–Kier alpha value is -1.61. The third-order valence-corrected chi connectivity index (χ3v) is 2.93. The van der Waals surface area contributed by atoms with Crippen LogP contribution in [-0.4, -0.2) is 9.78 Å². The molecule has 0 bridgehead atoms. The van der Waals surface area contributed by atoms with Crippen molar-refractivity contribution in [3.05, 3.63) is 47.3 Å². The van der Waals surface area contributed by atoms with E-state index in [4.69, 9.17) is 5.73 Å². The molecule has 3 nitrogen and oxygen atoms in total. The van der Waals surface area contributed by atoms with Crippen molar-refractivity contribution in [2.24, 2.45) is 5.73 Å². The molecule has 0 atom stereocenters. The highest BCUT2D eigenvalue weighted by atomic mass is 15.3. The third-order valence-electron chi connectivity index (χ3n) is 2.93. The molecule has 90 valence electrons. The molecule has 0 fully saturated rings. The predicted octanol–water partition coefficient (Wildman–Crippen LogP) is 2.76. The summed E-state index contributed by atoms with van der Waals surface area (Å²) in [6.07, 6.45) is 1.87. The van der Waals surface area contributed by atoms with Crippen molar-refractivity contribution in [1.29, 1.82) is 0 Å². The van der Waals surface area contributed by atoms with E-state index in [-0.39, 0.29) is 0 Å². The van der Waals surface area contributed by atoms with Gasteiger partial charge in [0.25, 0.3) is 0 Å². The molecule has 1 aromatic carbocycles. The second kappa shape index (κ2) is 4.72. The highest BCUT2D eigenvalue weighted by Gasteiger charge is 2.14. The Morgan fingerprint density at radius 3 is 2.41 bits per heavy atom. The molecule has 0 aliphatic heterocycles. The van der Waals surface area contributed by atoms with E-state index >= 15 is 0 Å². The summed E-state index contributed by atoms with van der Waals surface area (Å²) in [5.41, 5.74) is 10.4. The molecule has 1 heterocycles. The Bertz CT molecular complexity index is 495. The molecule has 3 heteroatoms. The standard InChI is InChI=1S/C14H19N3/c1-10(2)14-12(8-15)9-16-17(14)13-6-4-11(3)5-7-13/h4-7,9-10H,8,15H2,1-3H3. The Kier molecular flexibility index (Phi) is 3.29. The molecule has 2 aromatic rings. The molecule has 0 aliphatic rings. The molecular formula is C14H19N3. The minimum absolute atomic E-state index is 0.414. The summed E-state index contributed by atoms with van der Waals surface area (Å²) >= 11 is 0. The molecule has 2 N–H and O–H groups in total. The quantitative estimate of drug-likeness (QED) is 0.879. The van der Waals surface area contributed by atoms with E-state index in [1.807, 2.05) is 10.9 Å². The minimum atomic E-state index is 0.414. The van der Waals surface area contributed by atoms with Crippen molar-refractivity contribution in [2.75, 3.05) is 0 Å². The van der Waals surface area contributed by atoms with Gasteiger partial charge in [0.1, 0.15) is 0 Å². The van der Waals surface area contributed by atoms with Crippen molar-refractivity contribution in [1.82, 2.24) is 9.78 Å². The van der Waals surface area contributed by atoms with Gasteiger partial charge in [0, 0.05) is 12.1 Å². The van der Waals surface area contributed by atoms with Gasteiger partial charge in [0.2, 0.25) is 0 Å². The van der Waals surface area contributed by atoms with Gasteiger partial charge in [-0.2, -0.15) is 5.10 Å². The summed E-state index contributed by atoms with van der Waals surface area (Å²) in [5.74, 6) is 0.414. The summed E-state index contributed by atoms with van der Waals surface area (Å²) < 4.78 is 1.99. The topological polar surface area (TPSA) is 43.8 Å². The smallest absolute Gasteiger partial charge is 0.0649 e. The SMILES string of the molecule is Cc1ccc(-n2ncc(CN)c2C(C)C)cc1. The Morgan fingerprint density at radius 1 is 1.24 bits per heavy atom. The van der Waals surface area contributed by atoms with Gasteiger partial charge in [0.15, 0.2) is 0 Å². The molecule has 0 saturated carbocycles. The van der Waals surface area contributed by atoms with Gasteiger partial charge in [0.05, 0.1) is 17.6 Å². The van der Waals surface area contributed by atoms with Gasteiger partial charge in [-0.15, -0.1) is 0 Å². The summed E-state index contributed by atoms with van der Waals surface area (Å²) in [7, 11) is 0. The maximum atomic E-state index is 5.75. The summed E-state index contributed by atoms with van der Waals surface area (Å²) in [4.78, 5) is 0. The van der Waals surface area contributed by atoms with Gasteiger partial charge in [-0.1, -0.05) is 31.5 Å². The highest BCUT2D eigenvalue weighted by molar-refractivity contribution is 5.37. The number of aromatic nitrogens is 2. The second-order valence-corrected chi connectivity index (χ2v) is 4.66. The van der Waals surface area contributed by atoms with E-state index in [9.17, 15) is 0 Å².